The Bertz CT molecular complexity index is 355. The zero-order valence-corrected chi connectivity index (χ0v) is 7.13. The van der Waals surface area contributed by atoms with Crippen LogP contribution in [-0.2, 0) is 0 Å². The number of rotatable bonds is 2. The highest BCUT2D eigenvalue weighted by molar-refractivity contribution is 7.09. The smallest absolute Gasteiger partial charge is 0.231 e. The van der Waals surface area contributed by atoms with Gasteiger partial charge in [0.1, 0.15) is 5.76 Å². The maximum Gasteiger partial charge on any atom is 0.231 e. The molecule has 2 rings (SSSR count). The topological polar surface area (TPSA) is 63.8 Å². The van der Waals surface area contributed by atoms with Crippen LogP contribution in [0.15, 0.2) is 16.5 Å². The van der Waals surface area contributed by atoms with E-state index in [2.05, 4.69) is 20.1 Å². The number of aromatic nitrogens is 3. The van der Waals surface area contributed by atoms with Crippen LogP contribution < -0.4 is 5.32 Å². The molecule has 0 amide bonds. The molecular weight excluding hydrogens is 176 g/mol. The molecular formula is C6H6N4OS. The predicted octanol–water partition coefficient (Wildman–Crippen LogP) is 1.58. The Kier molecular flexibility index (Phi) is 1.75. The van der Waals surface area contributed by atoms with Gasteiger partial charge in [-0.05, 0) is 18.2 Å². The van der Waals surface area contributed by atoms with Gasteiger partial charge in [0.2, 0.25) is 5.13 Å². The first-order valence-corrected chi connectivity index (χ1v) is 4.10. The van der Waals surface area contributed by atoms with Crippen molar-refractivity contribution in [1.29, 1.82) is 0 Å². The second-order valence-corrected chi connectivity index (χ2v) is 2.94. The Morgan fingerprint density at radius 1 is 1.50 bits per heavy atom. The minimum atomic E-state index is 0.629. The quantitative estimate of drug-likeness (QED) is 0.763. The van der Waals surface area contributed by atoms with Crippen LogP contribution in [0.2, 0.25) is 0 Å². The molecule has 0 aromatic carbocycles. The summed E-state index contributed by atoms with van der Waals surface area (Å²) in [4.78, 5) is 0. The van der Waals surface area contributed by atoms with Crippen molar-refractivity contribution in [1.82, 2.24) is 14.8 Å². The van der Waals surface area contributed by atoms with Crippen molar-refractivity contribution >= 4 is 22.5 Å². The molecule has 12 heavy (non-hydrogen) atoms. The van der Waals surface area contributed by atoms with Gasteiger partial charge in [0.05, 0.1) is 0 Å². The lowest BCUT2D eigenvalue weighted by molar-refractivity contribution is 0.551. The molecule has 2 aromatic rings. The van der Waals surface area contributed by atoms with Crippen molar-refractivity contribution < 1.29 is 4.42 Å². The number of hydrogen-bond donors (Lipinski definition) is 1. The monoisotopic (exact) mass is 182 g/mol. The van der Waals surface area contributed by atoms with E-state index in [9.17, 15) is 0 Å². The highest BCUT2D eigenvalue weighted by Crippen LogP contribution is 2.18. The largest absolute Gasteiger partial charge is 0.446 e. The summed E-state index contributed by atoms with van der Waals surface area (Å²) >= 11 is 1.18. The van der Waals surface area contributed by atoms with E-state index in [-0.39, 0.29) is 0 Å². The molecule has 0 atom stereocenters. The first kappa shape index (κ1) is 7.23. The third kappa shape index (κ3) is 1.42. The van der Waals surface area contributed by atoms with Gasteiger partial charge in [0, 0.05) is 17.6 Å². The Labute approximate surface area is 72.6 Å². The van der Waals surface area contributed by atoms with Crippen molar-refractivity contribution in [2.75, 3.05) is 5.32 Å². The summed E-state index contributed by atoms with van der Waals surface area (Å²) in [6.07, 6.45) is 0. The number of aryl methyl sites for hydroxylation is 1. The molecule has 6 heteroatoms. The molecule has 5 nitrogen and oxygen atoms in total. The fourth-order valence-electron chi connectivity index (χ4n) is 0.789. The van der Waals surface area contributed by atoms with Crippen LogP contribution in [0.5, 0.6) is 0 Å². The van der Waals surface area contributed by atoms with Gasteiger partial charge in [0.25, 0.3) is 0 Å². The first-order valence-electron chi connectivity index (χ1n) is 3.33. The van der Waals surface area contributed by atoms with Crippen molar-refractivity contribution in [2.45, 2.75) is 6.92 Å². The van der Waals surface area contributed by atoms with E-state index < -0.39 is 0 Å². The lowest BCUT2D eigenvalue weighted by Gasteiger charge is -1.92. The van der Waals surface area contributed by atoms with E-state index in [4.69, 9.17) is 4.42 Å². The van der Waals surface area contributed by atoms with E-state index >= 15 is 0 Å². The highest BCUT2D eigenvalue weighted by Gasteiger charge is 2.01. The van der Waals surface area contributed by atoms with Crippen LogP contribution >= 0.6 is 11.5 Å². The molecule has 62 valence electrons. The minimum Gasteiger partial charge on any atom is -0.446 e. The SMILES string of the molecule is Cc1ccc(Nc2nnns2)o1. The summed E-state index contributed by atoms with van der Waals surface area (Å²) in [5.74, 6) is 1.51. The third-order valence-corrected chi connectivity index (χ3v) is 1.78. The van der Waals surface area contributed by atoms with Gasteiger partial charge < -0.3 is 4.42 Å². The maximum absolute atomic E-state index is 5.26. The van der Waals surface area contributed by atoms with Crippen molar-refractivity contribution in [3.63, 3.8) is 0 Å². The molecule has 0 aliphatic heterocycles. The van der Waals surface area contributed by atoms with Gasteiger partial charge in [-0.2, -0.15) is 0 Å². The highest BCUT2D eigenvalue weighted by atomic mass is 32.1. The number of furan rings is 1. The Morgan fingerprint density at radius 3 is 3.00 bits per heavy atom. The van der Waals surface area contributed by atoms with Gasteiger partial charge >= 0.3 is 0 Å². The van der Waals surface area contributed by atoms with E-state index in [1.54, 1.807) is 0 Å². The number of nitrogens with one attached hydrogen (secondary N) is 1. The summed E-state index contributed by atoms with van der Waals surface area (Å²) in [6.45, 7) is 1.88. The van der Waals surface area contributed by atoms with E-state index in [1.807, 2.05) is 19.1 Å². The molecule has 2 aromatic heterocycles. The zero-order chi connectivity index (χ0) is 8.39. The van der Waals surface area contributed by atoms with Crippen LogP contribution in [0.4, 0.5) is 11.0 Å². The van der Waals surface area contributed by atoms with Gasteiger partial charge in [-0.3, -0.25) is 5.32 Å². The molecule has 0 aliphatic rings. The van der Waals surface area contributed by atoms with Crippen molar-refractivity contribution in [3.05, 3.63) is 17.9 Å². The summed E-state index contributed by atoms with van der Waals surface area (Å²) in [6, 6.07) is 3.70. The van der Waals surface area contributed by atoms with E-state index in [0.29, 0.717) is 11.0 Å². The number of hydrogen-bond acceptors (Lipinski definition) is 6. The lowest BCUT2D eigenvalue weighted by atomic mass is 10.5. The van der Waals surface area contributed by atoms with Crippen LogP contribution in [-0.4, -0.2) is 14.8 Å². The van der Waals surface area contributed by atoms with Crippen LogP contribution in [0.3, 0.4) is 0 Å². The normalized spacial score (nSPS) is 10.1. The number of anilines is 2. The molecule has 0 fully saturated rings. The fourth-order valence-corrected chi connectivity index (χ4v) is 1.16. The molecule has 0 bridgehead atoms. The van der Waals surface area contributed by atoms with Crippen molar-refractivity contribution in [2.24, 2.45) is 0 Å². The Balaban J connectivity index is 2.14. The average Bonchev–Trinajstić information content (AvgIpc) is 2.63. The number of nitrogens with zero attached hydrogens (tertiary/aromatic N) is 3. The van der Waals surface area contributed by atoms with E-state index in [0.717, 1.165) is 5.76 Å². The maximum atomic E-state index is 5.26. The summed E-state index contributed by atoms with van der Waals surface area (Å²) in [5.41, 5.74) is 0. The van der Waals surface area contributed by atoms with Gasteiger partial charge in [-0.15, -0.1) is 0 Å². The summed E-state index contributed by atoms with van der Waals surface area (Å²) < 4.78 is 8.86. The Morgan fingerprint density at radius 2 is 2.42 bits per heavy atom. The predicted molar refractivity (Wildman–Crippen MR) is 44.4 cm³/mol. The van der Waals surface area contributed by atoms with Gasteiger partial charge in [-0.1, -0.05) is 9.59 Å². The molecule has 0 saturated heterocycles. The summed E-state index contributed by atoms with van der Waals surface area (Å²) in [7, 11) is 0. The molecule has 0 radical (unpaired) electrons. The summed E-state index contributed by atoms with van der Waals surface area (Å²) in [5, 5.41) is 10.7. The van der Waals surface area contributed by atoms with E-state index in [1.165, 1.54) is 11.5 Å². The molecule has 0 spiro atoms. The molecule has 2 heterocycles. The molecule has 0 aliphatic carbocycles. The second kappa shape index (κ2) is 2.90. The second-order valence-electron chi connectivity index (χ2n) is 2.20. The van der Waals surface area contributed by atoms with Gasteiger partial charge in [0.15, 0.2) is 5.88 Å². The molecule has 0 saturated carbocycles. The van der Waals surface area contributed by atoms with Crippen LogP contribution in [0.25, 0.3) is 0 Å². The van der Waals surface area contributed by atoms with Crippen LogP contribution in [0, 0.1) is 6.92 Å². The van der Waals surface area contributed by atoms with Gasteiger partial charge in [-0.25, -0.2) is 0 Å². The Hall–Kier alpha value is -1.43. The first-order chi connectivity index (χ1) is 5.84. The zero-order valence-electron chi connectivity index (χ0n) is 6.31. The van der Waals surface area contributed by atoms with Crippen molar-refractivity contribution in [3.8, 4) is 0 Å². The molecule has 0 unspecified atom stereocenters. The van der Waals surface area contributed by atoms with Crippen LogP contribution in [0.1, 0.15) is 5.76 Å². The third-order valence-electron chi connectivity index (χ3n) is 1.27. The average molecular weight is 182 g/mol. The minimum absolute atomic E-state index is 0.629. The standard InChI is InChI=1S/C6H6N4OS/c1-4-2-3-5(11-4)7-6-8-9-10-12-6/h2-3H,1H3,(H,7,8,10). The molecule has 1 N–H and O–H groups in total. The lowest BCUT2D eigenvalue weighted by Crippen LogP contribution is -1.86. The fraction of sp³-hybridized carbons (Fsp3) is 0.167.